The molecule has 4 heterocycles. The third-order valence-corrected chi connectivity index (χ3v) is 10.6. The zero-order valence-electron chi connectivity index (χ0n) is 35.1. The van der Waals surface area contributed by atoms with Gasteiger partial charge in [-0.2, -0.15) is 4.98 Å². The van der Waals surface area contributed by atoms with Gasteiger partial charge in [-0.3, -0.25) is 28.8 Å². The lowest BCUT2D eigenvalue weighted by atomic mass is 9.99. The molecule has 1 fully saturated rings. The fourth-order valence-electron chi connectivity index (χ4n) is 7.13. The monoisotopic (exact) mass is 835 g/mol. The second-order valence-electron chi connectivity index (χ2n) is 16.1. The molecule has 2 aromatic carbocycles. The second-order valence-corrected chi connectivity index (χ2v) is 16.1. The van der Waals surface area contributed by atoms with Gasteiger partial charge in [0.05, 0.1) is 7.11 Å². The molecule has 0 radical (unpaired) electrons. The van der Waals surface area contributed by atoms with Crippen LogP contribution in [-0.2, 0) is 36.8 Å². The number of carbonyl (C=O) groups excluding carboxylic acids is 6. The van der Waals surface area contributed by atoms with Crippen molar-refractivity contribution in [1.29, 1.82) is 0 Å². The molecule has 1 aliphatic heterocycles. The highest BCUT2D eigenvalue weighted by Crippen LogP contribution is 2.20. The van der Waals surface area contributed by atoms with Gasteiger partial charge in [0.2, 0.25) is 35.4 Å². The molecule has 1 saturated heterocycles. The summed E-state index contributed by atoms with van der Waals surface area (Å²) in [5, 5.41) is 19.3. The SMILES string of the molecule is COc1ccc(C[C@@H]2NC(=O)[C@H](CC(C)C)NC(=O)[C@@H](Cc3c[nH]c4ccccc34)NC(=O)CN(C(=O)c3nc4ncccn4n3)C[C@H](C(C)C)NC(=O)[C@@H](C)NC2=O)cc1. The van der Waals surface area contributed by atoms with Crippen LogP contribution in [0.25, 0.3) is 16.7 Å². The van der Waals surface area contributed by atoms with Crippen molar-refractivity contribution in [3.05, 3.63) is 90.1 Å². The molecule has 1 aliphatic rings. The summed E-state index contributed by atoms with van der Waals surface area (Å²) < 4.78 is 6.62. The maximum Gasteiger partial charge on any atom is 0.294 e. The Morgan fingerprint density at radius 1 is 0.820 bits per heavy atom. The van der Waals surface area contributed by atoms with Crippen molar-refractivity contribution < 1.29 is 33.5 Å². The summed E-state index contributed by atoms with van der Waals surface area (Å²) in [7, 11) is 1.54. The minimum atomic E-state index is -1.22. The number of para-hydroxylation sites is 1. The molecular weight excluding hydrogens is 783 g/mol. The number of amides is 6. The van der Waals surface area contributed by atoms with Crippen LogP contribution in [0.4, 0.5) is 0 Å². The molecule has 3 aromatic heterocycles. The van der Waals surface area contributed by atoms with Crippen LogP contribution < -0.4 is 31.3 Å². The number of ether oxygens (including phenoxy) is 1. The predicted molar refractivity (Wildman–Crippen MR) is 225 cm³/mol. The van der Waals surface area contributed by atoms with Crippen molar-refractivity contribution in [1.82, 2.24) is 56.0 Å². The van der Waals surface area contributed by atoms with E-state index in [0.29, 0.717) is 11.3 Å². The third-order valence-electron chi connectivity index (χ3n) is 10.6. The molecule has 0 aliphatic carbocycles. The molecule has 5 atom stereocenters. The van der Waals surface area contributed by atoms with Crippen LogP contribution >= 0.6 is 0 Å². The molecule has 0 saturated carbocycles. The minimum absolute atomic E-state index is 0.0241. The largest absolute Gasteiger partial charge is 0.497 e. The van der Waals surface area contributed by atoms with E-state index >= 15 is 0 Å². The Morgan fingerprint density at radius 3 is 2.21 bits per heavy atom. The van der Waals surface area contributed by atoms with Gasteiger partial charge in [0.1, 0.15) is 36.5 Å². The summed E-state index contributed by atoms with van der Waals surface area (Å²) in [6, 6.07) is 10.8. The van der Waals surface area contributed by atoms with Crippen molar-refractivity contribution in [3.63, 3.8) is 0 Å². The van der Waals surface area contributed by atoms with E-state index in [1.807, 2.05) is 52.0 Å². The first-order chi connectivity index (χ1) is 29.2. The zero-order chi connectivity index (χ0) is 43.8. The average Bonchev–Trinajstić information content (AvgIpc) is 3.86. The number of aromatic nitrogens is 5. The lowest BCUT2D eigenvalue weighted by Crippen LogP contribution is -2.60. The molecule has 0 bridgehead atoms. The summed E-state index contributed by atoms with van der Waals surface area (Å²) in [5.74, 6) is -3.68. The first-order valence-corrected chi connectivity index (χ1v) is 20.3. The minimum Gasteiger partial charge on any atom is -0.497 e. The van der Waals surface area contributed by atoms with E-state index in [-0.39, 0.29) is 49.2 Å². The molecule has 0 unspecified atom stereocenters. The number of hydrogen-bond acceptors (Lipinski definition) is 10. The lowest BCUT2D eigenvalue weighted by molar-refractivity contribution is -0.135. The van der Waals surface area contributed by atoms with E-state index in [2.05, 4.69) is 46.6 Å². The number of fused-ring (bicyclic) bond motifs is 2. The summed E-state index contributed by atoms with van der Waals surface area (Å²) in [5.41, 5.74) is 2.25. The highest BCUT2D eigenvalue weighted by atomic mass is 16.5. The van der Waals surface area contributed by atoms with E-state index in [1.54, 1.807) is 42.7 Å². The van der Waals surface area contributed by atoms with Gasteiger partial charge in [-0.25, -0.2) is 9.50 Å². The number of carbonyl (C=O) groups is 6. The van der Waals surface area contributed by atoms with E-state index in [4.69, 9.17) is 4.74 Å². The smallest absolute Gasteiger partial charge is 0.294 e. The highest BCUT2D eigenvalue weighted by Gasteiger charge is 2.34. The van der Waals surface area contributed by atoms with Crippen molar-refractivity contribution in [2.24, 2.45) is 11.8 Å². The van der Waals surface area contributed by atoms with Crippen LogP contribution in [0, 0.1) is 11.8 Å². The van der Waals surface area contributed by atoms with Crippen LogP contribution in [0.2, 0.25) is 0 Å². The highest BCUT2D eigenvalue weighted by molar-refractivity contribution is 5.98. The van der Waals surface area contributed by atoms with Crippen LogP contribution in [0.15, 0.2) is 73.2 Å². The van der Waals surface area contributed by atoms with E-state index in [9.17, 15) is 28.8 Å². The van der Waals surface area contributed by atoms with Gasteiger partial charge in [-0.1, -0.05) is 58.0 Å². The Balaban J connectivity index is 1.38. The summed E-state index contributed by atoms with van der Waals surface area (Å²) in [6.45, 7) is 8.26. The van der Waals surface area contributed by atoms with Gasteiger partial charge in [0.25, 0.3) is 11.7 Å². The topological polar surface area (TPSA) is 234 Å². The fourth-order valence-corrected chi connectivity index (χ4v) is 7.13. The lowest BCUT2D eigenvalue weighted by Gasteiger charge is -2.31. The molecule has 18 heteroatoms. The van der Waals surface area contributed by atoms with Crippen LogP contribution in [0.1, 0.15) is 62.8 Å². The molecular formula is C43H53N11O7. The Morgan fingerprint density at radius 2 is 1.51 bits per heavy atom. The number of methoxy groups -OCH3 is 1. The number of benzene rings is 2. The van der Waals surface area contributed by atoms with Gasteiger partial charge in [-0.05, 0) is 60.6 Å². The first kappa shape index (κ1) is 43.7. The Labute approximate surface area is 353 Å². The van der Waals surface area contributed by atoms with Crippen LogP contribution in [0.5, 0.6) is 5.75 Å². The first-order valence-electron chi connectivity index (χ1n) is 20.3. The molecule has 6 N–H and O–H groups in total. The number of hydrogen-bond donors (Lipinski definition) is 6. The van der Waals surface area contributed by atoms with E-state index in [1.165, 1.54) is 29.6 Å². The molecule has 61 heavy (non-hydrogen) atoms. The maximum atomic E-state index is 14.4. The van der Waals surface area contributed by atoms with Gasteiger partial charge in [-0.15, -0.1) is 5.10 Å². The quantitative estimate of drug-likeness (QED) is 0.126. The average molecular weight is 836 g/mol. The summed E-state index contributed by atoms with van der Waals surface area (Å²) in [6.07, 6.45) is 5.11. The summed E-state index contributed by atoms with van der Waals surface area (Å²) in [4.78, 5) is 97.8. The van der Waals surface area contributed by atoms with Crippen LogP contribution in [0.3, 0.4) is 0 Å². The van der Waals surface area contributed by atoms with Crippen molar-refractivity contribution >= 4 is 52.1 Å². The van der Waals surface area contributed by atoms with E-state index in [0.717, 1.165) is 16.5 Å². The normalized spacial score (nSPS) is 21.3. The van der Waals surface area contributed by atoms with Crippen molar-refractivity contribution in [3.8, 4) is 5.75 Å². The van der Waals surface area contributed by atoms with Crippen molar-refractivity contribution in [2.45, 2.75) is 84.1 Å². The molecule has 6 amide bonds. The standard InChI is InChI=1S/C43H53N11O7/c1-24(2)18-32-40(58)49-33(19-27-12-14-29(61-6)15-13-27)39(57)46-26(5)38(56)50-35(25(3)4)22-53(42(60)37-51-43-44-16-9-17-54(43)52-37)23-36(55)47-34(41(59)48-32)20-28-21-45-31-11-8-7-10-30(28)31/h7-17,21,24-26,32-35,45H,18-20,22-23H2,1-6H3,(H,46,57)(H,47,55)(H,48,59)(H,49,58)(H,50,56)/t26-,32+,33+,34-,35-/m1/s1. The summed E-state index contributed by atoms with van der Waals surface area (Å²) >= 11 is 0. The second kappa shape index (κ2) is 19.5. The molecule has 5 aromatic rings. The Kier molecular flexibility index (Phi) is 14.0. The zero-order valence-corrected chi connectivity index (χ0v) is 35.1. The molecule has 0 spiro atoms. The number of nitrogens with zero attached hydrogens (tertiary/aromatic N) is 5. The molecule has 18 nitrogen and oxygen atoms in total. The Bertz CT molecular complexity index is 2340. The third kappa shape index (κ3) is 11.1. The van der Waals surface area contributed by atoms with Crippen LogP contribution in [-0.4, -0.2) is 115 Å². The number of H-pyrrole nitrogens is 1. The van der Waals surface area contributed by atoms with Crippen molar-refractivity contribution in [2.75, 3.05) is 20.2 Å². The van der Waals surface area contributed by atoms with Gasteiger partial charge < -0.3 is 41.2 Å². The maximum absolute atomic E-state index is 14.4. The number of rotatable bonds is 9. The van der Waals surface area contributed by atoms with Gasteiger partial charge in [0.15, 0.2) is 0 Å². The fraction of sp³-hybridized carbons (Fsp3) is 0.419. The van der Waals surface area contributed by atoms with Gasteiger partial charge >= 0.3 is 0 Å². The van der Waals surface area contributed by atoms with E-state index < -0.39 is 72.2 Å². The Hall–Kier alpha value is -6.85. The number of nitrogens with one attached hydrogen (secondary N) is 6. The predicted octanol–water partition coefficient (Wildman–Crippen LogP) is 1.70. The molecule has 6 rings (SSSR count). The van der Waals surface area contributed by atoms with Gasteiger partial charge in [0, 0.05) is 54.9 Å². The molecule has 322 valence electrons. The number of aromatic amines is 1.